The minimum absolute atomic E-state index is 0.0251. The van der Waals surface area contributed by atoms with Gasteiger partial charge >= 0.3 is 5.97 Å². The monoisotopic (exact) mass is 309 g/mol. The Kier molecular flexibility index (Phi) is 5.98. The maximum atomic E-state index is 11.6. The van der Waals surface area contributed by atoms with E-state index >= 15 is 0 Å². The molecule has 1 rings (SSSR count). The van der Waals surface area contributed by atoms with Gasteiger partial charge in [0, 0.05) is 23.2 Å². The average molecular weight is 309 g/mol. The Hall–Kier alpha value is -2.98. The van der Waals surface area contributed by atoms with E-state index in [-0.39, 0.29) is 29.7 Å². The van der Waals surface area contributed by atoms with Crippen molar-refractivity contribution in [3.63, 3.8) is 0 Å². The second-order valence-electron chi connectivity index (χ2n) is 4.19. The van der Waals surface area contributed by atoms with Gasteiger partial charge in [-0.1, -0.05) is 0 Å². The number of rotatable bonds is 6. The molecule has 0 fully saturated rings. The number of carboxylic acid groups (broad SMARTS) is 1. The first kappa shape index (κ1) is 17.1. The second kappa shape index (κ2) is 7.71. The van der Waals surface area contributed by atoms with Crippen LogP contribution in [-0.4, -0.2) is 28.8 Å². The number of aliphatic carboxylic acids is 1. The van der Waals surface area contributed by atoms with Gasteiger partial charge in [-0.25, -0.2) is 11.7 Å². The van der Waals surface area contributed by atoms with Crippen molar-refractivity contribution in [1.82, 2.24) is 10.9 Å². The van der Waals surface area contributed by atoms with Gasteiger partial charge in [0.2, 0.25) is 5.91 Å². The highest BCUT2D eigenvalue weighted by Gasteiger charge is 2.13. The molecule has 0 spiro atoms. The molecule has 10 nitrogen and oxygen atoms in total. The fourth-order valence-electron chi connectivity index (χ4n) is 1.57. The summed E-state index contributed by atoms with van der Waals surface area (Å²) in [7, 11) is 0. The molecule has 8 N–H and O–H groups in total. The lowest BCUT2D eigenvalue weighted by Gasteiger charge is -2.09. The van der Waals surface area contributed by atoms with Gasteiger partial charge in [0.05, 0.1) is 6.42 Å². The third-order valence-electron chi connectivity index (χ3n) is 2.57. The van der Waals surface area contributed by atoms with E-state index in [0.717, 1.165) is 0 Å². The van der Waals surface area contributed by atoms with Gasteiger partial charge in [0.15, 0.2) is 0 Å². The Labute approximate surface area is 124 Å². The van der Waals surface area contributed by atoms with Crippen molar-refractivity contribution in [3.05, 3.63) is 29.3 Å². The number of nitrogens with two attached hydrogens (primary N) is 2. The average Bonchev–Trinajstić information content (AvgIpc) is 2.50. The molecule has 0 saturated carbocycles. The van der Waals surface area contributed by atoms with E-state index < -0.39 is 23.7 Å². The summed E-state index contributed by atoms with van der Waals surface area (Å²) in [6.07, 6.45) is -0.591. The predicted octanol–water partition coefficient (Wildman–Crippen LogP) is -1.30. The summed E-state index contributed by atoms with van der Waals surface area (Å²) in [5.41, 5.74) is 3.97. The molecule has 0 aliphatic heterocycles. The molecule has 0 aliphatic carbocycles. The van der Waals surface area contributed by atoms with Gasteiger partial charge in [0.1, 0.15) is 0 Å². The first-order valence-electron chi connectivity index (χ1n) is 6.06. The third-order valence-corrected chi connectivity index (χ3v) is 2.57. The maximum absolute atomic E-state index is 11.6. The zero-order valence-electron chi connectivity index (χ0n) is 11.4. The number of benzene rings is 1. The standard InChI is InChI=1S/C12H15N5O5/c13-16-11(21)6-3-7(12(22)17-14)5-8(4-6)15-9(18)1-2-10(19)20/h3-5H,1-2,13-14H2,(H,15,18)(H,16,21)(H,17,22)(H,19,20). The van der Waals surface area contributed by atoms with Crippen LogP contribution in [0.25, 0.3) is 0 Å². The Morgan fingerprint density at radius 1 is 0.909 bits per heavy atom. The molecular weight excluding hydrogens is 294 g/mol. The second-order valence-corrected chi connectivity index (χ2v) is 4.19. The highest BCUT2D eigenvalue weighted by molar-refractivity contribution is 6.02. The van der Waals surface area contributed by atoms with Gasteiger partial charge in [-0.05, 0) is 18.2 Å². The number of anilines is 1. The molecule has 3 amide bonds. The van der Waals surface area contributed by atoms with Gasteiger partial charge in [-0.3, -0.25) is 30.0 Å². The number of hydrazine groups is 2. The van der Waals surface area contributed by atoms with Gasteiger partial charge < -0.3 is 10.4 Å². The zero-order chi connectivity index (χ0) is 16.7. The van der Waals surface area contributed by atoms with Crippen LogP contribution in [0.3, 0.4) is 0 Å². The SMILES string of the molecule is NNC(=O)c1cc(NC(=O)CCC(=O)O)cc(C(=O)NN)c1. The summed E-state index contributed by atoms with van der Waals surface area (Å²) in [6, 6.07) is 3.81. The van der Waals surface area contributed by atoms with Crippen molar-refractivity contribution in [1.29, 1.82) is 0 Å². The highest BCUT2D eigenvalue weighted by atomic mass is 16.4. The van der Waals surface area contributed by atoms with Crippen LogP contribution in [0.2, 0.25) is 0 Å². The lowest BCUT2D eigenvalue weighted by Crippen LogP contribution is -2.32. The quantitative estimate of drug-likeness (QED) is 0.215. The Morgan fingerprint density at radius 3 is 1.82 bits per heavy atom. The number of nitrogen functional groups attached to an aromatic ring is 2. The topological polar surface area (TPSA) is 177 Å². The highest BCUT2D eigenvalue weighted by Crippen LogP contribution is 2.16. The van der Waals surface area contributed by atoms with Crippen LogP contribution in [0.4, 0.5) is 5.69 Å². The van der Waals surface area contributed by atoms with Crippen LogP contribution in [-0.2, 0) is 9.59 Å². The van der Waals surface area contributed by atoms with E-state index in [1.165, 1.54) is 18.2 Å². The molecule has 118 valence electrons. The summed E-state index contributed by atoms with van der Waals surface area (Å²) < 4.78 is 0. The summed E-state index contributed by atoms with van der Waals surface area (Å²) >= 11 is 0. The van der Waals surface area contributed by atoms with Crippen molar-refractivity contribution in [3.8, 4) is 0 Å². The third kappa shape index (κ3) is 4.85. The minimum atomic E-state index is -1.12. The van der Waals surface area contributed by atoms with Crippen LogP contribution >= 0.6 is 0 Å². The number of carboxylic acids is 1. The number of hydrogen-bond acceptors (Lipinski definition) is 6. The van der Waals surface area contributed by atoms with Crippen LogP contribution in [0.5, 0.6) is 0 Å². The normalized spacial score (nSPS) is 9.73. The van der Waals surface area contributed by atoms with E-state index in [9.17, 15) is 19.2 Å². The van der Waals surface area contributed by atoms with Crippen LogP contribution in [0.15, 0.2) is 18.2 Å². The van der Waals surface area contributed by atoms with E-state index in [0.29, 0.717) is 0 Å². The zero-order valence-corrected chi connectivity index (χ0v) is 11.4. The largest absolute Gasteiger partial charge is 0.481 e. The lowest BCUT2D eigenvalue weighted by atomic mass is 10.1. The molecule has 0 saturated heterocycles. The summed E-state index contributed by atoms with van der Waals surface area (Å²) in [6.45, 7) is 0. The summed E-state index contributed by atoms with van der Waals surface area (Å²) in [4.78, 5) is 45.1. The molecule has 0 aromatic heterocycles. The molecule has 0 atom stereocenters. The van der Waals surface area contributed by atoms with Crippen LogP contribution in [0.1, 0.15) is 33.6 Å². The molecule has 0 unspecified atom stereocenters. The molecule has 0 aliphatic rings. The van der Waals surface area contributed by atoms with Gasteiger partial charge in [-0.15, -0.1) is 0 Å². The molecule has 0 heterocycles. The molecule has 0 bridgehead atoms. The van der Waals surface area contributed by atoms with Crippen molar-refractivity contribution in [2.75, 3.05) is 5.32 Å². The molecule has 0 radical (unpaired) electrons. The molecule has 1 aromatic rings. The Balaban J connectivity index is 3.02. The number of carbonyl (C=O) groups excluding carboxylic acids is 3. The van der Waals surface area contributed by atoms with Crippen molar-refractivity contribution >= 4 is 29.4 Å². The number of carbonyl (C=O) groups is 4. The van der Waals surface area contributed by atoms with E-state index in [1.807, 2.05) is 10.9 Å². The summed E-state index contributed by atoms with van der Waals surface area (Å²) in [5.74, 6) is 7.00. The van der Waals surface area contributed by atoms with Crippen LogP contribution < -0.4 is 27.9 Å². The fraction of sp³-hybridized carbons (Fsp3) is 0.167. The van der Waals surface area contributed by atoms with E-state index in [2.05, 4.69) is 5.32 Å². The first-order valence-corrected chi connectivity index (χ1v) is 6.06. The molecule has 10 heteroatoms. The Bertz CT molecular complexity index is 582. The number of nitrogens with one attached hydrogen (secondary N) is 3. The smallest absolute Gasteiger partial charge is 0.303 e. The maximum Gasteiger partial charge on any atom is 0.303 e. The molecular formula is C12H15N5O5. The minimum Gasteiger partial charge on any atom is -0.481 e. The summed E-state index contributed by atoms with van der Waals surface area (Å²) in [5, 5.41) is 10.9. The first-order chi connectivity index (χ1) is 10.4. The van der Waals surface area contributed by atoms with Crippen molar-refractivity contribution in [2.45, 2.75) is 12.8 Å². The van der Waals surface area contributed by atoms with Gasteiger partial charge in [-0.2, -0.15) is 0 Å². The molecule has 22 heavy (non-hydrogen) atoms. The number of amides is 3. The lowest BCUT2D eigenvalue weighted by molar-refractivity contribution is -0.138. The Morgan fingerprint density at radius 2 is 1.41 bits per heavy atom. The predicted molar refractivity (Wildman–Crippen MR) is 75.2 cm³/mol. The number of hydrogen-bond donors (Lipinski definition) is 6. The van der Waals surface area contributed by atoms with Crippen molar-refractivity contribution in [2.24, 2.45) is 11.7 Å². The van der Waals surface area contributed by atoms with Crippen molar-refractivity contribution < 1.29 is 24.3 Å². The molecule has 1 aromatic carbocycles. The van der Waals surface area contributed by atoms with Gasteiger partial charge in [0.25, 0.3) is 11.8 Å². The van der Waals surface area contributed by atoms with Crippen LogP contribution in [0, 0.1) is 0 Å². The van der Waals surface area contributed by atoms with E-state index in [4.69, 9.17) is 16.8 Å². The fourth-order valence-corrected chi connectivity index (χ4v) is 1.57. The van der Waals surface area contributed by atoms with E-state index in [1.54, 1.807) is 0 Å².